The summed E-state index contributed by atoms with van der Waals surface area (Å²) >= 11 is 0. The van der Waals surface area contributed by atoms with Gasteiger partial charge in [0.15, 0.2) is 0 Å². The maximum absolute atomic E-state index is 12.5. The van der Waals surface area contributed by atoms with Gasteiger partial charge >= 0.3 is 6.09 Å². The van der Waals surface area contributed by atoms with Crippen LogP contribution in [0.4, 0.5) is 4.79 Å². The van der Waals surface area contributed by atoms with Gasteiger partial charge in [0, 0.05) is 29.0 Å². The molecule has 1 amide bonds. The van der Waals surface area contributed by atoms with Gasteiger partial charge in [0.25, 0.3) is 0 Å². The first-order valence-corrected chi connectivity index (χ1v) is 7.77. The molecule has 9 nitrogen and oxygen atoms in total. The molecular formula is C15H19N7O2. The zero-order chi connectivity index (χ0) is 17.2. The van der Waals surface area contributed by atoms with Gasteiger partial charge in [0.1, 0.15) is 6.61 Å². The summed E-state index contributed by atoms with van der Waals surface area (Å²) in [6, 6.07) is 8.83. The molecule has 24 heavy (non-hydrogen) atoms. The number of hydrogen-bond acceptors (Lipinski definition) is 4. The highest BCUT2D eigenvalue weighted by atomic mass is 16.6. The van der Waals surface area contributed by atoms with E-state index in [1.54, 1.807) is 0 Å². The van der Waals surface area contributed by atoms with E-state index >= 15 is 0 Å². The molecule has 0 saturated carbocycles. The average molecular weight is 329 g/mol. The highest BCUT2D eigenvalue weighted by Crippen LogP contribution is 2.21. The molecule has 9 heteroatoms. The van der Waals surface area contributed by atoms with Crippen molar-refractivity contribution in [3.63, 3.8) is 0 Å². The molecule has 126 valence electrons. The summed E-state index contributed by atoms with van der Waals surface area (Å²) in [4.78, 5) is 19.6. The molecule has 2 atom stereocenters. The van der Waals surface area contributed by atoms with E-state index in [0.29, 0.717) is 12.8 Å². The Kier molecular flexibility index (Phi) is 6.76. The summed E-state index contributed by atoms with van der Waals surface area (Å²) in [6.45, 7) is 0.611. The lowest BCUT2D eigenvalue weighted by Gasteiger charge is -2.29. The average Bonchev–Trinajstić information content (AvgIpc) is 2.81. The van der Waals surface area contributed by atoms with Gasteiger partial charge < -0.3 is 9.64 Å². The van der Waals surface area contributed by atoms with Gasteiger partial charge in [-0.1, -0.05) is 47.0 Å². The highest BCUT2D eigenvalue weighted by Gasteiger charge is 2.29. The molecule has 1 saturated heterocycles. The van der Waals surface area contributed by atoms with Crippen molar-refractivity contribution in [2.75, 3.05) is 13.1 Å². The Bertz CT molecular complexity index is 638. The Hall–Kier alpha value is -2.89. The lowest BCUT2D eigenvalue weighted by molar-refractivity contribution is 0.0810. The smallest absolute Gasteiger partial charge is 0.410 e. The van der Waals surface area contributed by atoms with Crippen LogP contribution in [-0.2, 0) is 11.3 Å². The van der Waals surface area contributed by atoms with Crippen LogP contribution in [0.25, 0.3) is 20.9 Å². The lowest BCUT2D eigenvalue weighted by atomic mass is 10.1. The number of carbonyl (C=O) groups is 1. The highest BCUT2D eigenvalue weighted by molar-refractivity contribution is 5.68. The van der Waals surface area contributed by atoms with Gasteiger partial charge in [-0.3, -0.25) is 0 Å². The van der Waals surface area contributed by atoms with Gasteiger partial charge in [0.2, 0.25) is 0 Å². The monoisotopic (exact) mass is 329 g/mol. The zero-order valence-corrected chi connectivity index (χ0v) is 13.2. The van der Waals surface area contributed by atoms with Crippen molar-refractivity contribution >= 4 is 6.09 Å². The Balaban J connectivity index is 2.07. The zero-order valence-electron chi connectivity index (χ0n) is 13.2. The number of rotatable bonds is 5. The molecule has 0 N–H and O–H groups in total. The van der Waals surface area contributed by atoms with Crippen molar-refractivity contribution in [2.45, 2.75) is 38.0 Å². The molecule has 0 radical (unpaired) electrons. The van der Waals surface area contributed by atoms with Crippen LogP contribution in [-0.4, -0.2) is 36.2 Å². The third-order valence-electron chi connectivity index (χ3n) is 3.93. The molecule has 0 spiro atoms. The molecule has 1 aliphatic rings. The molecule has 0 aromatic heterocycles. The maximum Gasteiger partial charge on any atom is 0.410 e. The van der Waals surface area contributed by atoms with Crippen LogP contribution < -0.4 is 0 Å². The number of likely N-dealkylation sites (tertiary alicyclic amines) is 1. The summed E-state index contributed by atoms with van der Waals surface area (Å²) in [5.74, 6) is 0. The number of nitrogens with zero attached hydrogens (tertiary/aromatic N) is 7. The summed E-state index contributed by atoms with van der Waals surface area (Å²) < 4.78 is 5.38. The topological polar surface area (TPSA) is 127 Å². The Labute approximate surface area is 139 Å². The lowest BCUT2D eigenvalue weighted by Crippen LogP contribution is -2.44. The van der Waals surface area contributed by atoms with E-state index < -0.39 is 6.09 Å². The molecule has 1 heterocycles. The third kappa shape index (κ3) is 5.08. The van der Waals surface area contributed by atoms with Crippen molar-refractivity contribution in [1.82, 2.24) is 4.90 Å². The number of ether oxygens (including phenoxy) is 1. The first-order valence-electron chi connectivity index (χ1n) is 7.77. The number of carbonyl (C=O) groups excluding carboxylic acids is 1. The van der Waals surface area contributed by atoms with Crippen LogP contribution in [0.1, 0.15) is 24.8 Å². The first-order chi connectivity index (χ1) is 11.7. The Morgan fingerprint density at radius 2 is 2.04 bits per heavy atom. The van der Waals surface area contributed by atoms with Gasteiger partial charge in [-0.15, -0.1) is 0 Å². The molecule has 1 aromatic carbocycles. The normalized spacial score (nSPS) is 20.2. The van der Waals surface area contributed by atoms with Crippen LogP contribution in [0.5, 0.6) is 0 Å². The fourth-order valence-corrected chi connectivity index (χ4v) is 2.73. The number of amides is 1. The minimum absolute atomic E-state index is 0.163. The van der Waals surface area contributed by atoms with Crippen molar-refractivity contribution in [3.05, 3.63) is 56.8 Å². The van der Waals surface area contributed by atoms with Crippen LogP contribution in [0, 0.1) is 0 Å². The predicted molar refractivity (Wildman–Crippen MR) is 87.9 cm³/mol. The maximum atomic E-state index is 12.5. The van der Waals surface area contributed by atoms with Crippen molar-refractivity contribution < 1.29 is 9.53 Å². The van der Waals surface area contributed by atoms with E-state index in [4.69, 9.17) is 15.8 Å². The van der Waals surface area contributed by atoms with Gasteiger partial charge in [-0.25, -0.2) is 4.79 Å². The van der Waals surface area contributed by atoms with Crippen LogP contribution in [0.2, 0.25) is 0 Å². The van der Waals surface area contributed by atoms with Crippen LogP contribution >= 0.6 is 0 Å². The first kappa shape index (κ1) is 17.5. The molecular weight excluding hydrogens is 310 g/mol. The summed E-state index contributed by atoms with van der Waals surface area (Å²) in [6.07, 6.45) is 1.67. The van der Waals surface area contributed by atoms with Crippen LogP contribution in [0.15, 0.2) is 40.6 Å². The number of hydrogen-bond donors (Lipinski definition) is 0. The largest absolute Gasteiger partial charge is 0.445 e. The summed E-state index contributed by atoms with van der Waals surface area (Å²) in [7, 11) is 0. The van der Waals surface area contributed by atoms with Crippen molar-refractivity contribution in [1.29, 1.82) is 0 Å². The van der Waals surface area contributed by atoms with Gasteiger partial charge in [-0.05, 0) is 29.5 Å². The predicted octanol–water partition coefficient (Wildman–Crippen LogP) is 4.17. The third-order valence-corrected chi connectivity index (χ3v) is 3.93. The SMILES string of the molecule is [N-]=[N+]=NCC1CCCC(N=[N+]=[N-])CN1C(=O)OCc1ccccc1. The Morgan fingerprint density at radius 1 is 1.25 bits per heavy atom. The molecule has 0 aliphatic carbocycles. The number of benzene rings is 1. The van der Waals surface area contributed by atoms with Gasteiger partial charge in [-0.2, -0.15) is 0 Å². The minimum Gasteiger partial charge on any atom is -0.445 e. The molecule has 1 aromatic rings. The van der Waals surface area contributed by atoms with Gasteiger partial charge in [0.05, 0.1) is 6.04 Å². The molecule has 0 bridgehead atoms. The Morgan fingerprint density at radius 3 is 2.75 bits per heavy atom. The van der Waals surface area contributed by atoms with E-state index in [0.717, 1.165) is 12.0 Å². The number of azide groups is 2. The van der Waals surface area contributed by atoms with Crippen molar-refractivity contribution in [2.24, 2.45) is 10.2 Å². The summed E-state index contributed by atoms with van der Waals surface area (Å²) in [5.41, 5.74) is 18.1. The minimum atomic E-state index is -0.489. The molecule has 2 rings (SSSR count). The van der Waals surface area contributed by atoms with E-state index in [9.17, 15) is 4.79 Å². The summed E-state index contributed by atoms with van der Waals surface area (Å²) in [5, 5.41) is 7.32. The fraction of sp³-hybridized carbons (Fsp3) is 0.533. The quantitative estimate of drug-likeness (QED) is 0.456. The molecule has 1 aliphatic heterocycles. The second-order valence-electron chi connectivity index (χ2n) is 5.55. The van der Waals surface area contributed by atoms with E-state index in [2.05, 4.69) is 20.1 Å². The van der Waals surface area contributed by atoms with Crippen molar-refractivity contribution in [3.8, 4) is 0 Å². The van der Waals surface area contributed by atoms with E-state index in [1.165, 1.54) is 4.90 Å². The second-order valence-corrected chi connectivity index (χ2v) is 5.55. The van der Waals surface area contributed by atoms with E-state index in [-0.39, 0.29) is 31.8 Å². The molecule has 1 fully saturated rings. The molecule has 2 unspecified atom stereocenters. The van der Waals surface area contributed by atoms with E-state index in [1.807, 2.05) is 30.3 Å². The van der Waals surface area contributed by atoms with Crippen LogP contribution in [0.3, 0.4) is 0 Å². The fourth-order valence-electron chi connectivity index (χ4n) is 2.73. The second kappa shape index (κ2) is 9.29. The standard InChI is InChI=1S/C15H19N7O2/c16-20-18-9-14-8-4-7-13(19-21-17)10-22(14)15(23)24-11-12-5-2-1-3-6-12/h1-3,5-6,13-14H,4,7-11H2.